The van der Waals surface area contributed by atoms with E-state index in [9.17, 15) is 21.6 Å². The highest BCUT2D eigenvalue weighted by atomic mass is 32.2. The molecule has 0 spiro atoms. The third-order valence-electron chi connectivity index (χ3n) is 6.02. The summed E-state index contributed by atoms with van der Waals surface area (Å²) in [7, 11) is -3.89. The lowest BCUT2D eigenvalue weighted by atomic mass is 9.76. The average Bonchev–Trinajstić information content (AvgIpc) is 2.61. The van der Waals surface area contributed by atoms with E-state index in [1.807, 2.05) is 0 Å². The molecule has 0 aromatic heterocycles. The highest BCUT2D eigenvalue weighted by molar-refractivity contribution is 7.87. The van der Waals surface area contributed by atoms with E-state index in [2.05, 4.69) is 10.0 Å². The van der Waals surface area contributed by atoms with Crippen molar-refractivity contribution >= 4 is 10.2 Å². The second-order valence-electron chi connectivity index (χ2n) is 7.65. The van der Waals surface area contributed by atoms with Crippen LogP contribution in [0.2, 0.25) is 0 Å². The molecule has 0 radical (unpaired) electrons. The summed E-state index contributed by atoms with van der Waals surface area (Å²) in [6.45, 7) is 1.70. The van der Waals surface area contributed by atoms with Gasteiger partial charge in [-0.2, -0.15) is 25.9 Å². The molecule has 0 amide bonds. The molecule has 152 valence electrons. The Labute approximate surface area is 153 Å². The largest absolute Gasteiger partial charge is 0.405 e. The topological polar surface area (TPSA) is 64.7 Å². The van der Waals surface area contributed by atoms with Gasteiger partial charge in [-0.25, -0.2) is 4.72 Å². The van der Waals surface area contributed by atoms with E-state index in [4.69, 9.17) is 0 Å². The molecule has 1 saturated carbocycles. The van der Waals surface area contributed by atoms with Crippen LogP contribution in [0.25, 0.3) is 0 Å². The molecule has 3 atom stereocenters. The van der Waals surface area contributed by atoms with Crippen LogP contribution >= 0.6 is 0 Å². The predicted molar refractivity (Wildman–Crippen MR) is 92.8 cm³/mol. The van der Waals surface area contributed by atoms with Crippen molar-refractivity contribution in [3.63, 3.8) is 0 Å². The van der Waals surface area contributed by atoms with Crippen molar-refractivity contribution in [2.24, 2.45) is 11.8 Å². The minimum absolute atomic E-state index is 0.263. The maximum absolute atomic E-state index is 13.4. The maximum atomic E-state index is 13.4. The lowest BCUT2D eigenvalue weighted by Gasteiger charge is -2.41. The number of rotatable bonds is 5. The van der Waals surface area contributed by atoms with Gasteiger partial charge in [0.1, 0.15) is 6.04 Å². The summed E-state index contributed by atoms with van der Waals surface area (Å²) >= 11 is 0. The van der Waals surface area contributed by atoms with Crippen LogP contribution in [0.15, 0.2) is 0 Å². The summed E-state index contributed by atoms with van der Waals surface area (Å²) in [6.07, 6.45) is 0.821. The van der Waals surface area contributed by atoms with Crippen LogP contribution < -0.4 is 10.0 Å². The number of hydrogen-bond donors (Lipinski definition) is 2. The molecule has 1 aliphatic carbocycles. The molecule has 3 rings (SSSR count). The van der Waals surface area contributed by atoms with E-state index in [-0.39, 0.29) is 13.1 Å². The summed E-state index contributed by atoms with van der Waals surface area (Å²) < 4.78 is 69.1. The first-order valence-corrected chi connectivity index (χ1v) is 11.0. The van der Waals surface area contributed by atoms with Gasteiger partial charge in [-0.3, -0.25) is 4.90 Å². The Kier molecular flexibility index (Phi) is 6.49. The van der Waals surface area contributed by atoms with Crippen LogP contribution in [0, 0.1) is 11.8 Å². The Balaban J connectivity index is 1.60. The second kappa shape index (κ2) is 8.30. The van der Waals surface area contributed by atoms with Crippen LogP contribution in [-0.4, -0.2) is 75.7 Å². The van der Waals surface area contributed by atoms with Crippen molar-refractivity contribution in [1.82, 2.24) is 19.2 Å². The Morgan fingerprint density at radius 2 is 1.69 bits per heavy atom. The maximum Gasteiger partial charge on any atom is 0.405 e. The Morgan fingerprint density at radius 1 is 1.04 bits per heavy atom. The van der Waals surface area contributed by atoms with E-state index in [0.29, 0.717) is 38.0 Å². The molecular formula is C16H29F3N4O2S. The van der Waals surface area contributed by atoms with Gasteiger partial charge in [0, 0.05) is 45.8 Å². The van der Waals surface area contributed by atoms with Crippen LogP contribution in [0.3, 0.4) is 0 Å². The van der Waals surface area contributed by atoms with Gasteiger partial charge >= 0.3 is 6.18 Å². The van der Waals surface area contributed by atoms with E-state index in [1.54, 1.807) is 0 Å². The number of piperidine rings is 1. The Morgan fingerprint density at radius 3 is 2.35 bits per heavy atom. The molecule has 10 heteroatoms. The van der Waals surface area contributed by atoms with Gasteiger partial charge in [-0.05, 0) is 24.7 Å². The summed E-state index contributed by atoms with van der Waals surface area (Å²) in [6, 6.07) is -1.79. The number of piperazine rings is 1. The van der Waals surface area contributed by atoms with Gasteiger partial charge in [0.2, 0.25) is 0 Å². The normalized spacial score (nSPS) is 30.7. The van der Waals surface area contributed by atoms with Crippen molar-refractivity contribution in [1.29, 1.82) is 0 Å². The standard InChI is InChI=1S/C16H29F3N4O2S/c17-16(18,19)15(22-9-6-20-7-10-22)11-21-26(24,25)23-8-5-13-3-1-2-4-14(13)12-23/h13-15,20-21H,1-12H2. The fourth-order valence-corrected chi connectivity index (χ4v) is 5.79. The van der Waals surface area contributed by atoms with Gasteiger partial charge in [0.15, 0.2) is 0 Å². The monoisotopic (exact) mass is 398 g/mol. The number of hydrogen-bond acceptors (Lipinski definition) is 4. The molecule has 3 unspecified atom stereocenters. The molecule has 6 nitrogen and oxygen atoms in total. The summed E-state index contributed by atoms with van der Waals surface area (Å²) in [5, 5.41) is 3.02. The first kappa shape index (κ1) is 20.3. The number of fused-ring (bicyclic) bond motifs is 1. The Bertz CT molecular complexity index is 566. The molecule has 2 heterocycles. The van der Waals surface area contributed by atoms with Gasteiger partial charge in [-0.15, -0.1) is 0 Å². The van der Waals surface area contributed by atoms with Crippen LogP contribution in [0.1, 0.15) is 32.1 Å². The minimum atomic E-state index is -4.46. The minimum Gasteiger partial charge on any atom is -0.314 e. The molecule has 3 fully saturated rings. The number of halogens is 3. The Hall–Kier alpha value is -0.420. The van der Waals surface area contributed by atoms with E-state index < -0.39 is 29.0 Å². The third kappa shape index (κ3) is 4.89. The van der Waals surface area contributed by atoms with Gasteiger partial charge in [0.05, 0.1) is 0 Å². The van der Waals surface area contributed by atoms with Gasteiger partial charge < -0.3 is 5.32 Å². The molecule has 2 N–H and O–H groups in total. The highest BCUT2D eigenvalue weighted by Gasteiger charge is 2.45. The molecular weight excluding hydrogens is 369 g/mol. The fraction of sp³-hybridized carbons (Fsp3) is 1.00. The number of nitrogens with one attached hydrogen (secondary N) is 2. The average molecular weight is 398 g/mol. The third-order valence-corrected chi connectivity index (χ3v) is 7.57. The van der Waals surface area contributed by atoms with Crippen molar-refractivity contribution < 1.29 is 21.6 Å². The fourth-order valence-electron chi connectivity index (χ4n) is 4.51. The first-order valence-electron chi connectivity index (χ1n) is 9.53. The van der Waals surface area contributed by atoms with E-state index in [1.165, 1.54) is 15.6 Å². The molecule has 0 aromatic rings. The van der Waals surface area contributed by atoms with Gasteiger partial charge in [0.25, 0.3) is 10.2 Å². The van der Waals surface area contributed by atoms with Crippen molar-refractivity contribution in [3.05, 3.63) is 0 Å². The van der Waals surface area contributed by atoms with Crippen LogP contribution in [0.5, 0.6) is 0 Å². The first-order chi connectivity index (χ1) is 12.3. The molecule has 0 bridgehead atoms. The lowest BCUT2D eigenvalue weighted by Crippen LogP contribution is -2.59. The highest BCUT2D eigenvalue weighted by Crippen LogP contribution is 2.36. The zero-order valence-electron chi connectivity index (χ0n) is 15.0. The van der Waals surface area contributed by atoms with Crippen LogP contribution in [0.4, 0.5) is 13.2 Å². The molecule has 0 aromatic carbocycles. The molecule has 2 aliphatic heterocycles. The van der Waals surface area contributed by atoms with Crippen LogP contribution in [-0.2, 0) is 10.2 Å². The summed E-state index contributed by atoms with van der Waals surface area (Å²) in [5.74, 6) is 0.916. The zero-order chi connectivity index (χ0) is 18.8. The quantitative estimate of drug-likeness (QED) is 0.730. The lowest BCUT2D eigenvalue weighted by molar-refractivity contribution is -0.182. The van der Waals surface area contributed by atoms with E-state index >= 15 is 0 Å². The second-order valence-corrected chi connectivity index (χ2v) is 9.40. The summed E-state index contributed by atoms with van der Waals surface area (Å²) in [4.78, 5) is 1.31. The number of nitrogens with zero attached hydrogens (tertiary/aromatic N) is 2. The van der Waals surface area contributed by atoms with E-state index in [0.717, 1.165) is 25.7 Å². The smallest absolute Gasteiger partial charge is 0.314 e. The predicted octanol–water partition coefficient (Wildman–Crippen LogP) is 1.17. The van der Waals surface area contributed by atoms with Crippen molar-refractivity contribution in [3.8, 4) is 0 Å². The number of alkyl halides is 3. The van der Waals surface area contributed by atoms with Gasteiger partial charge in [-0.1, -0.05) is 19.3 Å². The molecule has 2 saturated heterocycles. The zero-order valence-corrected chi connectivity index (χ0v) is 15.8. The van der Waals surface area contributed by atoms with Crippen molar-refractivity contribution in [2.45, 2.75) is 44.3 Å². The summed E-state index contributed by atoms with van der Waals surface area (Å²) in [5.41, 5.74) is 0. The van der Waals surface area contributed by atoms with Crippen molar-refractivity contribution in [2.75, 3.05) is 45.8 Å². The SMILES string of the molecule is O=S(=O)(NCC(N1CCNCC1)C(F)(F)F)N1CCC2CCCCC2C1. The molecule has 26 heavy (non-hydrogen) atoms. The molecule has 3 aliphatic rings.